The normalized spacial score (nSPS) is 16.6. The van der Waals surface area contributed by atoms with Crippen molar-refractivity contribution in [3.8, 4) is 17.2 Å². The van der Waals surface area contributed by atoms with Crippen molar-refractivity contribution in [1.82, 2.24) is 15.1 Å². The number of methoxy groups -OCH3 is 1. The first-order valence-corrected chi connectivity index (χ1v) is 9.02. The van der Waals surface area contributed by atoms with Crippen molar-refractivity contribution in [2.45, 2.75) is 13.0 Å². The molecule has 1 saturated heterocycles. The Kier molecular flexibility index (Phi) is 5.29. The van der Waals surface area contributed by atoms with Crippen molar-refractivity contribution in [1.29, 1.82) is 0 Å². The van der Waals surface area contributed by atoms with Crippen molar-refractivity contribution in [2.24, 2.45) is 5.92 Å². The van der Waals surface area contributed by atoms with Crippen LogP contribution in [0, 0.1) is 5.92 Å². The van der Waals surface area contributed by atoms with Crippen molar-refractivity contribution in [2.75, 3.05) is 31.7 Å². The van der Waals surface area contributed by atoms with E-state index in [0.29, 0.717) is 17.6 Å². The first-order chi connectivity index (χ1) is 13.3. The van der Waals surface area contributed by atoms with Crippen molar-refractivity contribution in [3.05, 3.63) is 54.5 Å². The Balaban J connectivity index is 1.37. The molecule has 0 aliphatic carbocycles. The van der Waals surface area contributed by atoms with Gasteiger partial charge in [-0.05, 0) is 30.7 Å². The van der Waals surface area contributed by atoms with Crippen LogP contribution < -0.4 is 9.64 Å². The Hall–Kier alpha value is -2.93. The number of rotatable bonds is 7. The highest BCUT2D eigenvalue weighted by atomic mass is 16.5. The Bertz CT molecular complexity index is 851. The van der Waals surface area contributed by atoms with Crippen LogP contribution in [-0.2, 0) is 11.3 Å². The van der Waals surface area contributed by atoms with E-state index in [1.54, 1.807) is 13.3 Å². The van der Waals surface area contributed by atoms with E-state index in [4.69, 9.17) is 14.0 Å². The van der Waals surface area contributed by atoms with E-state index < -0.39 is 0 Å². The third kappa shape index (κ3) is 4.25. The highest BCUT2D eigenvalue weighted by Crippen LogP contribution is 2.24. The van der Waals surface area contributed by atoms with Crippen LogP contribution in [0.2, 0.25) is 0 Å². The number of hydrogen-bond donors (Lipinski definition) is 0. The number of benzene rings is 1. The van der Waals surface area contributed by atoms with Gasteiger partial charge in [0.2, 0.25) is 5.82 Å². The molecule has 1 aliphatic heterocycles. The zero-order chi connectivity index (χ0) is 18.5. The summed E-state index contributed by atoms with van der Waals surface area (Å²) in [7, 11) is 1.75. The van der Waals surface area contributed by atoms with Gasteiger partial charge in [0.1, 0.15) is 11.6 Å². The molecular weight excluding hydrogens is 344 g/mol. The number of nitrogens with zero attached hydrogens (tertiary/aromatic N) is 4. The molecule has 0 bridgehead atoms. The predicted molar refractivity (Wildman–Crippen MR) is 100 cm³/mol. The maximum atomic E-state index is 5.64. The van der Waals surface area contributed by atoms with E-state index in [1.165, 1.54) is 0 Å². The summed E-state index contributed by atoms with van der Waals surface area (Å²) in [5.41, 5.74) is 0.796. The van der Waals surface area contributed by atoms with Gasteiger partial charge in [-0.1, -0.05) is 23.4 Å². The maximum Gasteiger partial charge on any atom is 0.259 e. The van der Waals surface area contributed by atoms with E-state index in [9.17, 15) is 0 Å². The molecule has 1 fully saturated rings. The Morgan fingerprint density at radius 2 is 2.07 bits per heavy atom. The summed E-state index contributed by atoms with van der Waals surface area (Å²) in [6.07, 6.45) is 2.90. The van der Waals surface area contributed by atoms with E-state index >= 15 is 0 Å². The molecule has 4 rings (SSSR count). The second-order valence-electron chi connectivity index (χ2n) is 6.58. The molecule has 0 N–H and O–H groups in total. The van der Waals surface area contributed by atoms with Crippen LogP contribution in [0.4, 0.5) is 5.82 Å². The van der Waals surface area contributed by atoms with Crippen LogP contribution in [0.1, 0.15) is 12.2 Å². The lowest BCUT2D eigenvalue weighted by atomic mass is 10.1. The van der Waals surface area contributed by atoms with Gasteiger partial charge in [0.25, 0.3) is 5.89 Å². The SMILES string of the molecule is COC[C@H]1CCN(c2ccc(-c3nc(COc4ccccc4)no3)cn2)C1. The molecule has 3 aromatic rings. The summed E-state index contributed by atoms with van der Waals surface area (Å²) in [6, 6.07) is 13.5. The van der Waals surface area contributed by atoms with Crippen molar-refractivity contribution >= 4 is 5.82 Å². The van der Waals surface area contributed by atoms with Gasteiger partial charge in [-0.2, -0.15) is 4.98 Å². The van der Waals surface area contributed by atoms with Crippen LogP contribution in [0.5, 0.6) is 5.75 Å². The van der Waals surface area contributed by atoms with E-state index in [-0.39, 0.29) is 6.61 Å². The van der Waals surface area contributed by atoms with Gasteiger partial charge >= 0.3 is 0 Å². The monoisotopic (exact) mass is 366 g/mol. The summed E-state index contributed by atoms with van der Waals surface area (Å²) in [5.74, 6) is 3.25. The minimum Gasteiger partial charge on any atom is -0.485 e. The van der Waals surface area contributed by atoms with Gasteiger partial charge in [0.05, 0.1) is 12.2 Å². The third-order valence-corrected chi connectivity index (χ3v) is 4.59. The lowest BCUT2D eigenvalue weighted by Crippen LogP contribution is -2.21. The molecule has 1 aromatic carbocycles. The molecule has 0 unspecified atom stereocenters. The van der Waals surface area contributed by atoms with Crippen LogP contribution in [0.25, 0.3) is 11.5 Å². The molecule has 0 spiro atoms. The maximum absolute atomic E-state index is 5.64. The molecule has 140 valence electrons. The van der Waals surface area contributed by atoms with E-state index in [2.05, 4.69) is 20.0 Å². The number of hydrogen-bond acceptors (Lipinski definition) is 7. The van der Waals surface area contributed by atoms with Gasteiger partial charge in [0, 0.05) is 32.3 Å². The average Bonchev–Trinajstić information content (AvgIpc) is 3.37. The van der Waals surface area contributed by atoms with Crippen LogP contribution in [0.3, 0.4) is 0 Å². The minimum absolute atomic E-state index is 0.258. The van der Waals surface area contributed by atoms with Crippen LogP contribution in [0.15, 0.2) is 53.2 Å². The first-order valence-electron chi connectivity index (χ1n) is 9.02. The second-order valence-corrected chi connectivity index (χ2v) is 6.58. The molecule has 3 heterocycles. The highest BCUT2D eigenvalue weighted by Gasteiger charge is 2.23. The quantitative estimate of drug-likeness (QED) is 0.636. The molecule has 7 heteroatoms. The molecule has 0 amide bonds. The molecule has 2 aromatic heterocycles. The summed E-state index contributed by atoms with van der Waals surface area (Å²) in [5, 5.41) is 3.97. The zero-order valence-electron chi connectivity index (χ0n) is 15.2. The zero-order valence-corrected chi connectivity index (χ0v) is 15.2. The van der Waals surface area contributed by atoms with Gasteiger partial charge in [-0.3, -0.25) is 0 Å². The van der Waals surface area contributed by atoms with E-state index in [1.807, 2.05) is 42.5 Å². The molecule has 1 aliphatic rings. The number of para-hydroxylation sites is 1. The topological polar surface area (TPSA) is 73.5 Å². The Morgan fingerprint density at radius 1 is 1.19 bits per heavy atom. The summed E-state index contributed by atoms with van der Waals surface area (Å²) in [4.78, 5) is 11.2. The summed E-state index contributed by atoms with van der Waals surface area (Å²) in [6.45, 7) is 3.03. The number of aromatic nitrogens is 3. The largest absolute Gasteiger partial charge is 0.485 e. The average molecular weight is 366 g/mol. The van der Waals surface area contributed by atoms with Gasteiger partial charge < -0.3 is 18.9 Å². The number of ether oxygens (including phenoxy) is 2. The van der Waals surface area contributed by atoms with Gasteiger partial charge in [0.15, 0.2) is 6.61 Å². The molecule has 27 heavy (non-hydrogen) atoms. The summed E-state index contributed by atoms with van der Waals surface area (Å²) >= 11 is 0. The second kappa shape index (κ2) is 8.18. The predicted octanol–water partition coefficient (Wildman–Crippen LogP) is 3.18. The minimum atomic E-state index is 0.258. The Labute approximate surface area is 157 Å². The number of anilines is 1. The fraction of sp³-hybridized carbons (Fsp3) is 0.350. The number of pyridine rings is 1. The molecule has 0 saturated carbocycles. The highest BCUT2D eigenvalue weighted by molar-refractivity contribution is 5.54. The molecule has 7 nitrogen and oxygen atoms in total. The van der Waals surface area contributed by atoms with Gasteiger partial charge in [-0.15, -0.1) is 0 Å². The van der Waals surface area contributed by atoms with Crippen molar-refractivity contribution in [3.63, 3.8) is 0 Å². The molecule has 1 atom stereocenters. The Morgan fingerprint density at radius 3 is 2.85 bits per heavy atom. The fourth-order valence-corrected chi connectivity index (χ4v) is 3.21. The first kappa shape index (κ1) is 17.5. The van der Waals surface area contributed by atoms with Crippen LogP contribution >= 0.6 is 0 Å². The lowest BCUT2D eigenvalue weighted by Gasteiger charge is -2.17. The lowest BCUT2D eigenvalue weighted by molar-refractivity contribution is 0.161. The van der Waals surface area contributed by atoms with Crippen LogP contribution in [-0.4, -0.2) is 41.9 Å². The smallest absolute Gasteiger partial charge is 0.259 e. The third-order valence-electron chi connectivity index (χ3n) is 4.59. The fourth-order valence-electron chi connectivity index (χ4n) is 3.21. The standard InChI is InChI=1S/C20H22N4O3/c1-25-13-15-9-10-24(12-15)19-8-7-16(11-21-19)20-22-18(23-27-20)14-26-17-5-3-2-4-6-17/h2-8,11,15H,9-10,12-14H2,1H3/t15-/m0/s1. The van der Waals surface area contributed by atoms with Gasteiger partial charge in [-0.25, -0.2) is 4.98 Å². The van der Waals surface area contributed by atoms with Crippen molar-refractivity contribution < 1.29 is 14.0 Å². The molecule has 0 radical (unpaired) electrons. The summed E-state index contributed by atoms with van der Waals surface area (Å²) < 4.78 is 16.2. The molecular formula is C20H22N4O3. The van der Waals surface area contributed by atoms with E-state index in [0.717, 1.165) is 43.2 Å².